The van der Waals surface area contributed by atoms with Crippen LogP contribution < -0.4 is 10.6 Å². The van der Waals surface area contributed by atoms with Crippen molar-refractivity contribution in [2.24, 2.45) is 0 Å². The van der Waals surface area contributed by atoms with Crippen LogP contribution >= 0.6 is 31.9 Å². The zero-order valence-electron chi connectivity index (χ0n) is 11.4. The maximum atomic E-state index is 10.9. The lowest BCUT2D eigenvalue weighted by Crippen LogP contribution is -2.25. The van der Waals surface area contributed by atoms with Crippen LogP contribution in [0, 0.1) is 0 Å². The van der Waals surface area contributed by atoms with E-state index >= 15 is 0 Å². The molecule has 0 aromatic carbocycles. The molecule has 0 aliphatic heterocycles. The summed E-state index contributed by atoms with van der Waals surface area (Å²) in [6, 6.07) is 0. The van der Waals surface area contributed by atoms with Crippen molar-refractivity contribution in [3.05, 3.63) is 0 Å². The molecule has 0 aliphatic carbocycles. The Kier molecular flexibility index (Phi) is 14.2. The Balaban J connectivity index is 3.07. The maximum Gasteiger partial charge on any atom is 0.230 e. The molecule has 2 amide bonds. The number of rotatable bonds is 12. The molecule has 0 rings (SSSR count). The lowest BCUT2D eigenvalue weighted by Gasteiger charge is -2.04. The van der Waals surface area contributed by atoms with Crippen molar-refractivity contribution in [3.63, 3.8) is 0 Å². The third kappa shape index (κ3) is 14.1. The van der Waals surface area contributed by atoms with Gasteiger partial charge in [-0.15, -0.1) is 0 Å². The summed E-state index contributed by atoms with van der Waals surface area (Å²) in [5.74, 6) is 0.121. The fraction of sp³-hybridized carbons (Fsp3) is 0.846. The molecule has 0 spiro atoms. The fourth-order valence-electron chi connectivity index (χ4n) is 1.68. The van der Waals surface area contributed by atoms with Crippen molar-refractivity contribution >= 4 is 43.7 Å². The first-order valence-corrected chi connectivity index (χ1v) is 9.10. The monoisotopic (exact) mass is 398 g/mol. The first-order valence-electron chi connectivity index (χ1n) is 6.86. The van der Waals surface area contributed by atoms with Gasteiger partial charge in [-0.05, 0) is 12.8 Å². The van der Waals surface area contributed by atoms with Crippen molar-refractivity contribution in [2.75, 3.05) is 23.7 Å². The lowest BCUT2D eigenvalue weighted by molar-refractivity contribution is -0.119. The number of carbonyl (C=O) groups is 2. The Hall–Kier alpha value is -0.100. The molecule has 0 radical (unpaired) electrons. The summed E-state index contributed by atoms with van der Waals surface area (Å²) in [6.07, 6.45) is 8.13. The Morgan fingerprint density at radius 1 is 0.632 bits per heavy atom. The molecule has 0 fully saturated rings. The summed E-state index contributed by atoms with van der Waals surface area (Å²) >= 11 is 6.22. The van der Waals surface area contributed by atoms with E-state index in [1.54, 1.807) is 0 Å². The maximum absolute atomic E-state index is 10.9. The number of nitrogens with one attached hydrogen (secondary N) is 2. The van der Waals surface area contributed by atoms with Crippen LogP contribution in [0.25, 0.3) is 0 Å². The molecule has 6 heteroatoms. The van der Waals surface area contributed by atoms with Gasteiger partial charge in [-0.25, -0.2) is 0 Å². The second kappa shape index (κ2) is 14.3. The van der Waals surface area contributed by atoms with E-state index in [1.807, 2.05) is 0 Å². The summed E-state index contributed by atoms with van der Waals surface area (Å²) in [5.41, 5.74) is 0. The molecule has 4 nitrogen and oxygen atoms in total. The molecule has 0 saturated heterocycles. The molecule has 2 N–H and O–H groups in total. The molecule has 0 bridgehead atoms. The zero-order chi connectivity index (χ0) is 14.3. The zero-order valence-corrected chi connectivity index (χ0v) is 14.5. The van der Waals surface area contributed by atoms with Gasteiger partial charge in [-0.3, -0.25) is 9.59 Å². The van der Waals surface area contributed by atoms with E-state index in [0.29, 0.717) is 10.7 Å². The smallest absolute Gasteiger partial charge is 0.230 e. The first kappa shape index (κ1) is 18.9. The van der Waals surface area contributed by atoms with Gasteiger partial charge >= 0.3 is 0 Å². The Morgan fingerprint density at radius 2 is 0.947 bits per heavy atom. The normalized spacial score (nSPS) is 10.2. The number of unbranched alkanes of at least 4 members (excludes halogenated alkanes) is 6. The average Bonchev–Trinajstić information content (AvgIpc) is 2.43. The third-order valence-corrected chi connectivity index (χ3v) is 3.76. The molecule has 0 atom stereocenters. The number of halogens is 2. The van der Waals surface area contributed by atoms with E-state index in [-0.39, 0.29) is 11.8 Å². The molecular formula is C13H24Br2N2O2. The summed E-state index contributed by atoms with van der Waals surface area (Å²) in [4.78, 5) is 21.9. The molecule has 0 aromatic rings. The van der Waals surface area contributed by atoms with Crippen LogP contribution in [0.5, 0.6) is 0 Å². The van der Waals surface area contributed by atoms with Crippen molar-refractivity contribution < 1.29 is 9.59 Å². The molecule has 19 heavy (non-hydrogen) atoms. The van der Waals surface area contributed by atoms with Gasteiger partial charge in [0.05, 0.1) is 10.7 Å². The van der Waals surface area contributed by atoms with Crippen LogP contribution in [0.2, 0.25) is 0 Å². The van der Waals surface area contributed by atoms with Crippen LogP contribution in [-0.2, 0) is 9.59 Å². The van der Waals surface area contributed by atoms with E-state index in [4.69, 9.17) is 0 Å². The number of hydrogen-bond acceptors (Lipinski definition) is 2. The standard InChI is InChI=1S/C13H24Br2N2O2/c14-10-12(18)16-8-6-4-2-1-3-5-7-9-17-13(19)11-15/h1-11H2,(H,16,18)(H,17,19). The van der Waals surface area contributed by atoms with Gasteiger partial charge in [0.15, 0.2) is 0 Å². The van der Waals surface area contributed by atoms with Crippen molar-refractivity contribution in [1.82, 2.24) is 10.6 Å². The second-order valence-corrected chi connectivity index (χ2v) is 5.56. The SMILES string of the molecule is O=C(CBr)NCCCCCCCCCNC(=O)CBr. The van der Waals surface area contributed by atoms with Crippen molar-refractivity contribution in [2.45, 2.75) is 44.9 Å². The van der Waals surface area contributed by atoms with E-state index < -0.39 is 0 Å². The van der Waals surface area contributed by atoms with Gasteiger partial charge in [-0.1, -0.05) is 64.0 Å². The lowest BCUT2D eigenvalue weighted by atomic mass is 10.1. The summed E-state index contributed by atoms with van der Waals surface area (Å²) in [6.45, 7) is 1.56. The minimum atomic E-state index is 0.0607. The molecule has 0 aromatic heterocycles. The molecule has 112 valence electrons. The number of hydrogen-bond donors (Lipinski definition) is 2. The largest absolute Gasteiger partial charge is 0.355 e. The summed E-state index contributed by atoms with van der Waals surface area (Å²) in [5, 5.41) is 6.45. The number of carbonyl (C=O) groups excluding carboxylic acids is 2. The Morgan fingerprint density at radius 3 is 1.26 bits per heavy atom. The second-order valence-electron chi connectivity index (χ2n) is 4.44. The predicted octanol–water partition coefficient (Wildman–Crippen LogP) is 2.74. The van der Waals surface area contributed by atoms with Crippen molar-refractivity contribution in [3.8, 4) is 0 Å². The van der Waals surface area contributed by atoms with Crippen LogP contribution in [0.3, 0.4) is 0 Å². The van der Waals surface area contributed by atoms with E-state index in [9.17, 15) is 9.59 Å². The fourth-order valence-corrected chi connectivity index (χ4v) is 2.08. The predicted molar refractivity (Wildman–Crippen MR) is 85.9 cm³/mol. The summed E-state index contributed by atoms with van der Waals surface area (Å²) in [7, 11) is 0. The topological polar surface area (TPSA) is 58.2 Å². The van der Waals surface area contributed by atoms with Gasteiger partial charge in [0.2, 0.25) is 11.8 Å². The Labute approximate surface area is 132 Å². The van der Waals surface area contributed by atoms with E-state index in [1.165, 1.54) is 32.1 Å². The molecular weight excluding hydrogens is 376 g/mol. The minimum Gasteiger partial charge on any atom is -0.355 e. The molecule has 0 unspecified atom stereocenters. The highest BCUT2D eigenvalue weighted by molar-refractivity contribution is 9.09. The van der Waals surface area contributed by atoms with Gasteiger partial charge in [0.1, 0.15) is 0 Å². The summed E-state index contributed by atoms with van der Waals surface area (Å²) < 4.78 is 0. The number of amides is 2. The van der Waals surface area contributed by atoms with Crippen LogP contribution in [-0.4, -0.2) is 35.6 Å². The van der Waals surface area contributed by atoms with Crippen molar-refractivity contribution in [1.29, 1.82) is 0 Å². The van der Waals surface area contributed by atoms with Crippen LogP contribution in [0.1, 0.15) is 44.9 Å². The van der Waals surface area contributed by atoms with Gasteiger partial charge in [-0.2, -0.15) is 0 Å². The quantitative estimate of drug-likeness (QED) is 0.391. The van der Waals surface area contributed by atoms with Gasteiger partial charge < -0.3 is 10.6 Å². The molecule has 0 saturated carbocycles. The Bertz CT molecular complexity index is 227. The minimum absolute atomic E-state index is 0.0607. The van der Waals surface area contributed by atoms with Gasteiger partial charge in [0.25, 0.3) is 0 Å². The molecule has 0 aliphatic rings. The average molecular weight is 400 g/mol. The van der Waals surface area contributed by atoms with E-state index in [2.05, 4.69) is 42.5 Å². The highest BCUT2D eigenvalue weighted by atomic mass is 79.9. The van der Waals surface area contributed by atoms with Crippen LogP contribution in [0.15, 0.2) is 0 Å². The van der Waals surface area contributed by atoms with Gasteiger partial charge in [0, 0.05) is 13.1 Å². The van der Waals surface area contributed by atoms with Crippen LogP contribution in [0.4, 0.5) is 0 Å². The van der Waals surface area contributed by atoms with E-state index in [0.717, 1.165) is 25.9 Å². The number of alkyl halides is 2. The third-order valence-electron chi connectivity index (χ3n) is 2.74. The first-order chi connectivity index (χ1) is 9.20. The molecule has 0 heterocycles. The highest BCUT2D eigenvalue weighted by Gasteiger charge is 1.97. The highest BCUT2D eigenvalue weighted by Crippen LogP contribution is 2.06.